The summed E-state index contributed by atoms with van der Waals surface area (Å²) < 4.78 is 66.5. The zero-order valence-corrected chi connectivity index (χ0v) is 61.6. The Morgan fingerprint density at radius 1 is 0.583 bits per heavy atom. The number of methoxy groups -OCH3 is 1. The summed E-state index contributed by atoms with van der Waals surface area (Å²) in [4.78, 5) is 55.7. The van der Waals surface area contributed by atoms with Crippen molar-refractivity contribution in [1.29, 1.82) is 0 Å². The van der Waals surface area contributed by atoms with Gasteiger partial charge in [-0.1, -0.05) is 0 Å². The normalized spacial score (nSPS) is 33.6. The predicted molar refractivity (Wildman–Crippen MR) is 379 cm³/mol. The minimum absolute atomic E-state index is 0.00939. The van der Waals surface area contributed by atoms with Crippen LogP contribution in [0.15, 0.2) is 36.4 Å². The lowest BCUT2D eigenvalue weighted by molar-refractivity contribution is -0.334. The van der Waals surface area contributed by atoms with E-state index < -0.39 is 187 Å². The zero-order chi connectivity index (χ0) is 78.7. The SMILES string of the molecule is CO[C@H](C(=O)[C@@H](O)[C@@H](C)O)C1Cc2cc3cc(O[C@H]4C[C@@H](O[C@H]5C[C@@H](O)[C@H](O)[C@@H](C)O5)[C@@H](O)[C@@H](C)O4)c(C)c(O)c3c(O)c2C(=O)[C@H]1O[C@H]1C[C@@H](O[C@H]2C[C@@H](O[C@H]3C[C@](C)(O)[C@H](O)[C@@H](C)O3)[C@H](O)[C@@H](C)O2)[C@H](O)[C@@H](C)O1.O=C1c2c(O)ccc(O)c2C(=O)c2c(NCCNCCO)ccc(NCCNCCO)c21. The zero-order valence-electron chi connectivity index (χ0n) is 61.6. The molecular formula is C74H104N4O30. The largest absolute Gasteiger partial charge is 0.507 e. The summed E-state index contributed by atoms with van der Waals surface area (Å²) in [6.07, 6.45) is -27.0. The summed E-state index contributed by atoms with van der Waals surface area (Å²) in [5.74, 6) is -5.93. The van der Waals surface area contributed by atoms with E-state index in [0.29, 0.717) is 50.6 Å². The van der Waals surface area contributed by atoms with Gasteiger partial charge in [-0.2, -0.15) is 0 Å². The van der Waals surface area contributed by atoms with E-state index in [9.17, 15) is 80.8 Å². The van der Waals surface area contributed by atoms with Crippen molar-refractivity contribution in [2.24, 2.45) is 5.92 Å². The number of phenolic OH excluding ortho intramolecular Hbond substituents is 4. The maximum atomic E-state index is 15.0. The Bertz CT molecular complexity index is 3720. The highest BCUT2D eigenvalue weighted by Gasteiger charge is 2.52. The molecule has 2 aliphatic carbocycles. The fourth-order valence-corrected chi connectivity index (χ4v) is 15.0. The number of hydrogen-bond acceptors (Lipinski definition) is 34. The molecule has 4 aromatic rings. The molecule has 0 bridgehead atoms. The first-order valence-corrected chi connectivity index (χ1v) is 36.5. The quantitative estimate of drug-likeness (QED) is 0.0235. The molecule has 5 fully saturated rings. The molecule has 11 rings (SSSR count). The number of aliphatic hydroxyl groups is 11. The van der Waals surface area contributed by atoms with Gasteiger partial charge in [0.15, 0.2) is 36.7 Å². The number of carbonyl (C=O) groups excluding carboxylic acids is 4. The van der Waals surface area contributed by atoms with Crippen molar-refractivity contribution in [3.8, 4) is 28.7 Å². The Morgan fingerprint density at radius 2 is 1.05 bits per heavy atom. The van der Waals surface area contributed by atoms with Crippen molar-refractivity contribution in [1.82, 2.24) is 10.6 Å². The molecule has 5 saturated heterocycles. The fraction of sp³-hybridized carbons (Fsp3) is 0.649. The molecule has 0 spiro atoms. The van der Waals surface area contributed by atoms with E-state index >= 15 is 4.79 Å². The van der Waals surface area contributed by atoms with Gasteiger partial charge in [-0.25, -0.2) is 0 Å². The summed E-state index contributed by atoms with van der Waals surface area (Å²) in [6.45, 7) is 14.9. The maximum absolute atomic E-state index is 15.0. The average molecular weight is 1530 g/mol. The Hall–Kier alpha value is -6.50. The van der Waals surface area contributed by atoms with Crippen LogP contribution < -0.4 is 26.0 Å². The first-order chi connectivity index (χ1) is 51.2. The van der Waals surface area contributed by atoms with Crippen LogP contribution in [-0.4, -0.2) is 306 Å². The lowest BCUT2D eigenvalue weighted by atomic mass is 9.75. The van der Waals surface area contributed by atoms with Crippen molar-refractivity contribution >= 4 is 45.3 Å². The van der Waals surface area contributed by atoms with Crippen molar-refractivity contribution in [2.45, 2.75) is 241 Å². The van der Waals surface area contributed by atoms with Crippen molar-refractivity contribution in [3.63, 3.8) is 0 Å². The summed E-state index contributed by atoms with van der Waals surface area (Å²) in [5, 5.41) is 171. The van der Waals surface area contributed by atoms with Crippen LogP contribution in [0, 0.1) is 12.8 Å². The second-order valence-corrected chi connectivity index (χ2v) is 28.9. The molecule has 25 atom stereocenters. The molecule has 7 aliphatic rings. The van der Waals surface area contributed by atoms with Crippen LogP contribution in [0.25, 0.3) is 10.8 Å². The molecule has 0 amide bonds. The third kappa shape index (κ3) is 18.2. The van der Waals surface area contributed by atoms with E-state index in [1.807, 2.05) is 0 Å². The first-order valence-electron chi connectivity index (χ1n) is 36.5. The maximum Gasteiger partial charge on any atom is 0.202 e. The minimum Gasteiger partial charge on any atom is -0.507 e. The lowest BCUT2D eigenvalue weighted by Gasteiger charge is -2.46. The number of hydrogen-bond donors (Lipinski definition) is 19. The number of anilines is 2. The van der Waals surface area contributed by atoms with Crippen LogP contribution in [0.1, 0.15) is 134 Å². The number of ketones is 4. The molecule has 5 aliphatic heterocycles. The summed E-state index contributed by atoms with van der Waals surface area (Å²) in [7, 11) is 1.18. The molecule has 108 heavy (non-hydrogen) atoms. The van der Waals surface area contributed by atoms with E-state index in [1.54, 1.807) is 39.8 Å². The van der Waals surface area contributed by atoms with Gasteiger partial charge in [-0.3, -0.25) is 19.2 Å². The molecule has 0 saturated carbocycles. The van der Waals surface area contributed by atoms with Gasteiger partial charge in [0.25, 0.3) is 0 Å². The van der Waals surface area contributed by atoms with Gasteiger partial charge in [0.05, 0.1) is 113 Å². The molecule has 34 nitrogen and oxygen atoms in total. The van der Waals surface area contributed by atoms with Gasteiger partial charge in [0, 0.05) is 101 Å². The third-order valence-corrected chi connectivity index (χ3v) is 21.0. The second-order valence-electron chi connectivity index (χ2n) is 28.9. The molecule has 0 radical (unpaired) electrons. The van der Waals surface area contributed by atoms with Crippen LogP contribution >= 0.6 is 0 Å². The van der Waals surface area contributed by atoms with Crippen molar-refractivity contribution < 1.29 is 148 Å². The first kappa shape index (κ1) is 84.0. The molecule has 1 unspecified atom stereocenters. The summed E-state index contributed by atoms with van der Waals surface area (Å²) in [6, 6.07) is 8.77. The number of Topliss-reactive ketones (excluding diaryl/α,β-unsaturated/α-hetero) is 2. The smallest absolute Gasteiger partial charge is 0.202 e. The number of aromatic hydroxyl groups is 4. The predicted octanol–water partition coefficient (Wildman–Crippen LogP) is -0.388. The molecule has 34 heteroatoms. The highest BCUT2D eigenvalue weighted by molar-refractivity contribution is 6.33. The van der Waals surface area contributed by atoms with Crippen molar-refractivity contribution in [2.75, 3.05) is 70.2 Å². The Morgan fingerprint density at radius 3 is 1.53 bits per heavy atom. The van der Waals surface area contributed by atoms with Gasteiger partial charge < -0.3 is 150 Å². The van der Waals surface area contributed by atoms with Crippen LogP contribution in [-0.2, 0) is 58.6 Å². The number of benzene rings is 4. The Balaban J connectivity index is 0.000000323. The van der Waals surface area contributed by atoms with Crippen LogP contribution in [0.5, 0.6) is 28.7 Å². The van der Waals surface area contributed by atoms with Gasteiger partial charge >= 0.3 is 0 Å². The Labute approximate surface area is 622 Å². The fourth-order valence-electron chi connectivity index (χ4n) is 15.0. The number of fused-ring (bicyclic) bond motifs is 4. The average Bonchev–Trinajstić information content (AvgIpc) is 0.735. The highest BCUT2D eigenvalue weighted by Crippen LogP contribution is 2.49. The number of aliphatic hydroxyl groups excluding tert-OH is 10. The molecule has 19 N–H and O–H groups in total. The standard InChI is InChI=1S/C52H76O24.C22H28N4O6/c1-18-29(72-34-14-30(43(58)21(4)68-34)73-33-13-28(54)42(57)20(3)67-33)12-26-10-25-11-27(49(66-9)48(63)41(56)19(2)53)50(47(62)39(25)46(61)38(26)40(18)55)76-36-16-31(44(59)23(6)70-36)74-35-15-32(45(60)22(5)69-35)75-37-17-52(8,65)51(64)24(7)71-37;27-11-9-23-5-7-25-13-1-2-14(26-8-6-24-10-12-28)18-17(13)21(31)19-15(29)3-4-16(30)20(19)22(18)32/h10,12,19-24,27-28,30-37,41-45,49-51,53-61,64-65H,11,13-17H2,1-9H3;1-4,23-30H,5-12H2/t19-,20-,21-,22-,23-,24-,27?,28-,30-,31-,32-,33+,34+,35+,36+,37+,41+,42-,43+,44-,45-,49+,50+,51-,52+;/m1./s1. The number of carbonyl (C=O) groups is 4. The monoisotopic (exact) mass is 1530 g/mol. The van der Waals surface area contributed by atoms with Crippen LogP contribution in [0.4, 0.5) is 11.4 Å². The molecule has 5 heterocycles. The number of rotatable bonds is 27. The molecule has 0 aromatic heterocycles. The second kappa shape index (κ2) is 35.9. The topological polar surface area (TPSA) is 521 Å². The highest BCUT2D eigenvalue weighted by atomic mass is 16.7. The van der Waals surface area contributed by atoms with E-state index in [2.05, 4.69) is 21.3 Å². The van der Waals surface area contributed by atoms with E-state index in [0.717, 1.165) is 0 Å². The van der Waals surface area contributed by atoms with Crippen LogP contribution in [0.2, 0.25) is 0 Å². The van der Waals surface area contributed by atoms with E-state index in [1.165, 1.54) is 59.1 Å². The number of phenols is 4. The number of nitrogens with one attached hydrogen (secondary N) is 4. The summed E-state index contributed by atoms with van der Waals surface area (Å²) >= 11 is 0. The van der Waals surface area contributed by atoms with Gasteiger partial charge in [0.1, 0.15) is 77.6 Å². The molecule has 600 valence electrons. The summed E-state index contributed by atoms with van der Waals surface area (Å²) in [5.41, 5.74) is -0.795. The van der Waals surface area contributed by atoms with Crippen LogP contribution in [0.3, 0.4) is 0 Å². The molecule has 4 aromatic carbocycles. The van der Waals surface area contributed by atoms with Crippen molar-refractivity contribution in [3.05, 3.63) is 75.3 Å². The number of ether oxygens (including phenoxy) is 11. The lowest BCUT2D eigenvalue weighted by Crippen LogP contribution is -2.58. The van der Waals surface area contributed by atoms with E-state index in [-0.39, 0.29) is 119 Å². The third-order valence-electron chi connectivity index (χ3n) is 21.0. The van der Waals surface area contributed by atoms with Gasteiger partial charge in [-0.15, -0.1) is 0 Å². The van der Waals surface area contributed by atoms with Gasteiger partial charge in [0.2, 0.25) is 17.9 Å². The van der Waals surface area contributed by atoms with E-state index in [4.69, 9.17) is 62.3 Å². The molecular weight excluding hydrogens is 1420 g/mol. The Kier molecular flexibility index (Phi) is 27.9. The minimum atomic E-state index is -1.95. The van der Waals surface area contributed by atoms with Gasteiger partial charge in [-0.05, 0) is 109 Å².